The molecule has 1 heterocycles. The van der Waals surface area contributed by atoms with Gasteiger partial charge in [0.05, 0.1) is 23.6 Å². The van der Waals surface area contributed by atoms with Gasteiger partial charge in [-0.15, -0.1) is 0 Å². The molecule has 0 radical (unpaired) electrons. The van der Waals surface area contributed by atoms with E-state index in [2.05, 4.69) is 15.4 Å². The van der Waals surface area contributed by atoms with E-state index in [0.717, 1.165) is 0 Å². The second-order valence-corrected chi connectivity index (χ2v) is 8.69. The highest BCUT2D eigenvalue weighted by molar-refractivity contribution is 7.89. The number of para-hydroxylation sites is 1. The molecule has 2 rings (SSSR count). The minimum atomic E-state index is -3.56. The lowest BCUT2D eigenvalue weighted by atomic mass is 10.2. The number of morpholine rings is 1. The summed E-state index contributed by atoms with van der Waals surface area (Å²) in [4.78, 5) is 12.1. The number of hydrogen-bond acceptors (Lipinski definition) is 5. The number of carbonyl (C=O) groups excluding carboxylic acids is 1. The summed E-state index contributed by atoms with van der Waals surface area (Å²) in [6, 6.07) is 3.74. The number of rotatable bonds is 7. The van der Waals surface area contributed by atoms with Gasteiger partial charge < -0.3 is 20.1 Å². The van der Waals surface area contributed by atoms with Crippen LogP contribution in [-0.2, 0) is 14.8 Å². The lowest BCUT2D eigenvalue weighted by Gasteiger charge is -2.34. The summed E-state index contributed by atoms with van der Waals surface area (Å²) in [5.74, 6) is -0.456. The summed E-state index contributed by atoms with van der Waals surface area (Å²) < 4.78 is 61.2. The number of ether oxygens (including phenoxy) is 2. The highest BCUT2D eigenvalue weighted by atomic mass is 32.2. The van der Waals surface area contributed by atoms with Crippen LogP contribution in [0.5, 0.6) is 5.75 Å². The van der Waals surface area contributed by atoms with Gasteiger partial charge in [-0.1, -0.05) is 12.1 Å². The number of nitrogens with one attached hydrogen (secondary N) is 2. The number of amides is 2. The molecule has 0 saturated carbocycles. The molecule has 1 saturated heterocycles. The maximum absolute atomic E-state index is 12.5. The van der Waals surface area contributed by atoms with E-state index in [-0.39, 0.29) is 49.0 Å². The molecule has 0 bridgehead atoms. The Kier molecular flexibility index (Phi) is 7.55. The zero-order valence-corrected chi connectivity index (χ0v) is 16.8. The van der Waals surface area contributed by atoms with Crippen molar-refractivity contribution in [2.24, 2.45) is 0 Å². The zero-order chi connectivity index (χ0) is 20.9. The fraction of sp³-hybridized carbons (Fsp3) is 0.588. The summed E-state index contributed by atoms with van der Waals surface area (Å²) in [5.41, 5.74) is 0.621. The Balaban J connectivity index is 1.91. The van der Waals surface area contributed by atoms with Crippen LogP contribution in [-0.4, -0.2) is 63.0 Å². The van der Waals surface area contributed by atoms with Gasteiger partial charge in [0.1, 0.15) is 5.75 Å². The Morgan fingerprint density at radius 1 is 1.32 bits per heavy atom. The zero-order valence-electron chi connectivity index (χ0n) is 15.9. The number of sulfonamides is 1. The average Bonchev–Trinajstić information content (AvgIpc) is 2.56. The molecule has 2 N–H and O–H groups in total. The normalized spacial score (nSPS) is 20.8. The Bertz CT molecular complexity index is 781. The number of carbonyl (C=O) groups is 1. The maximum atomic E-state index is 12.5. The fourth-order valence-electron chi connectivity index (χ4n) is 2.93. The number of alkyl halides is 2. The quantitative estimate of drug-likeness (QED) is 0.703. The lowest BCUT2D eigenvalue weighted by molar-refractivity contribution is -0.0493. The molecule has 1 fully saturated rings. The molecule has 28 heavy (non-hydrogen) atoms. The summed E-state index contributed by atoms with van der Waals surface area (Å²) >= 11 is 0. The average molecular weight is 421 g/mol. The molecule has 0 aliphatic carbocycles. The fourth-order valence-corrected chi connectivity index (χ4v) is 4.43. The topological polar surface area (TPSA) is 97.0 Å². The maximum Gasteiger partial charge on any atom is 0.387 e. The number of nitrogens with zero attached hydrogens (tertiary/aromatic N) is 1. The van der Waals surface area contributed by atoms with Crippen molar-refractivity contribution in [3.8, 4) is 5.75 Å². The van der Waals surface area contributed by atoms with E-state index in [1.165, 1.54) is 16.4 Å². The number of anilines is 1. The highest BCUT2D eigenvalue weighted by Gasteiger charge is 2.30. The van der Waals surface area contributed by atoms with Crippen LogP contribution in [0, 0.1) is 6.92 Å². The molecule has 1 aromatic carbocycles. The Morgan fingerprint density at radius 3 is 2.57 bits per heavy atom. The van der Waals surface area contributed by atoms with Crippen molar-refractivity contribution < 1.29 is 31.5 Å². The third-order valence-corrected chi connectivity index (χ3v) is 5.92. The van der Waals surface area contributed by atoms with Crippen molar-refractivity contribution in [1.29, 1.82) is 0 Å². The molecule has 8 nitrogen and oxygen atoms in total. The molecule has 11 heteroatoms. The van der Waals surface area contributed by atoms with Gasteiger partial charge in [0.2, 0.25) is 10.0 Å². The Morgan fingerprint density at radius 2 is 1.96 bits per heavy atom. The predicted octanol–water partition coefficient (Wildman–Crippen LogP) is 2.16. The van der Waals surface area contributed by atoms with E-state index in [1.807, 2.05) is 0 Å². The largest absolute Gasteiger partial charge is 0.433 e. The van der Waals surface area contributed by atoms with Crippen LogP contribution in [0.3, 0.4) is 0 Å². The second-order valence-electron chi connectivity index (χ2n) is 6.60. The minimum absolute atomic E-state index is 0.0963. The van der Waals surface area contributed by atoms with Crippen LogP contribution in [0.4, 0.5) is 19.3 Å². The van der Waals surface area contributed by atoms with Crippen LogP contribution < -0.4 is 15.4 Å². The summed E-state index contributed by atoms with van der Waals surface area (Å²) in [6.45, 7) is 2.57. The van der Waals surface area contributed by atoms with E-state index in [0.29, 0.717) is 5.56 Å². The summed E-state index contributed by atoms with van der Waals surface area (Å²) in [5, 5.41) is 4.85. The number of halogens is 2. The van der Waals surface area contributed by atoms with Crippen molar-refractivity contribution in [2.45, 2.75) is 39.6 Å². The first-order chi connectivity index (χ1) is 13.1. The summed E-state index contributed by atoms with van der Waals surface area (Å²) in [6.07, 6.45) is -0.409. The monoisotopic (exact) mass is 421 g/mol. The van der Waals surface area contributed by atoms with Crippen molar-refractivity contribution in [1.82, 2.24) is 9.62 Å². The van der Waals surface area contributed by atoms with Gasteiger partial charge in [0.25, 0.3) is 0 Å². The molecule has 158 valence electrons. The number of urea groups is 1. The van der Waals surface area contributed by atoms with Gasteiger partial charge >= 0.3 is 12.6 Å². The van der Waals surface area contributed by atoms with Crippen LogP contribution in [0.2, 0.25) is 0 Å². The van der Waals surface area contributed by atoms with Gasteiger partial charge in [-0.3, -0.25) is 0 Å². The van der Waals surface area contributed by atoms with Gasteiger partial charge in [-0.2, -0.15) is 13.1 Å². The third kappa shape index (κ3) is 6.28. The van der Waals surface area contributed by atoms with E-state index < -0.39 is 22.7 Å². The molecule has 2 unspecified atom stereocenters. The first-order valence-corrected chi connectivity index (χ1v) is 10.4. The molecule has 2 amide bonds. The molecule has 1 aliphatic heterocycles. The highest BCUT2D eigenvalue weighted by Crippen LogP contribution is 2.29. The van der Waals surface area contributed by atoms with E-state index in [4.69, 9.17) is 4.74 Å². The van der Waals surface area contributed by atoms with Gasteiger partial charge in [-0.05, 0) is 32.4 Å². The number of benzene rings is 1. The smallest absolute Gasteiger partial charge is 0.387 e. The van der Waals surface area contributed by atoms with Crippen molar-refractivity contribution in [3.05, 3.63) is 23.8 Å². The van der Waals surface area contributed by atoms with E-state index in [1.54, 1.807) is 26.8 Å². The molecule has 0 spiro atoms. The summed E-state index contributed by atoms with van der Waals surface area (Å²) in [7, 11) is -3.56. The Labute approximate surface area is 163 Å². The predicted molar refractivity (Wildman–Crippen MR) is 100 cm³/mol. The van der Waals surface area contributed by atoms with E-state index in [9.17, 15) is 22.0 Å². The van der Waals surface area contributed by atoms with Crippen LogP contribution in [0.1, 0.15) is 19.4 Å². The molecule has 1 aromatic rings. The standard InChI is InChI=1S/C17H25F2N3O5S/c1-11-5-4-6-14(27-16(18)19)15(11)21-17(23)20-7-8-28(24,25)22-9-12(2)26-13(3)10-22/h4-6,12-13,16H,7-10H2,1-3H3,(H2,20,21,23). The van der Waals surface area contributed by atoms with Crippen molar-refractivity contribution in [3.63, 3.8) is 0 Å². The first-order valence-electron chi connectivity index (χ1n) is 8.81. The van der Waals surface area contributed by atoms with Gasteiger partial charge in [0, 0.05) is 19.6 Å². The second kappa shape index (κ2) is 9.48. The molecule has 2 atom stereocenters. The van der Waals surface area contributed by atoms with Crippen LogP contribution in [0.15, 0.2) is 18.2 Å². The van der Waals surface area contributed by atoms with Crippen molar-refractivity contribution >= 4 is 21.7 Å². The van der Waals surface area contributed by atoms with Crippen molar-refractivity contribution in [2.75, 3.05) is 30.7 Å². The van der Waals surface area contributed by atoms with E-state index >= 15 is 0 Å². The molecular formula is C17H25F2N3O5S. The third-order valence-electron chi connectivity index (χ3n) is 4.11. The Hall–Kier alpha value is -1.98. The minimum Gasteiger partial charge on any atom is -0.433 e. The molecule has 1 aliphatic rings. The van der Waals surface area contributed by atoms with Gasteiger partial charge in [0.15, 0.2) is 0 Å². The SMILES string of the molecule is Cc1cccc(OC(F)F)c1NC(=O)NCCS(=O)(=O)N1CC(C)OC(C)C1. The van der Waals surface area contributed by atoms with Gasteiger partial charge in [-0.25, -0.2) is 13.2 Å². The van der Waals surface area contributed by atoms with Crippen LogP contribution >= 0.6 is 0 Å². The number of aryl methyl sites for hydroxylation is 1. The molecule has 0 aromatic heterocycles. The molecular weight excluding hydrogens is 396 g/mol. The first kappa shape index (κ1) is 22.3. The number of hydrogen-bond donors (Lipinski definition) is 2. The lowest BCUT2D eigenvalue weighted by Crippen LogP contribution is -2.49. The van der Waals surface area contributed by atoms with Crippen LogP contribution in [0.25, 0.3) is 0 Å².